The summed E-state index contributed by atoms with van der Waals surface area (Å²) in [5.74, 6) is 0. The van der Waals surface area contributed by atoms with Gasteiger partial charge >= 0.3 is 0 Å². The van der Waals surface area contributed by atoms with Gasteiger partial charge in [-0.3, -0.25) is 0 Å². The Bertz CT molecular complexity index is 580. The van der Waals surface area contributed by atoms with Crippen molar-refractivity contribution >= 4 is 16.7 Å². The number of aromatic amines is 1. The number of rotatable bonds is 3. The molecule has 0 saturated carbocycles. The lowest BCUT2D eigenvalue weighted by atomic mass is 10.1. The number of ether oxygens (including phenoxy) is 1. The van der Waals surface area contributed by atoms with Gasteiger partial charge in [-0.25, -0.2) is 4.98 Å². The van der Waals surface area contributed by atoms with Gasteiger partial charge in [0.1, 0.15) is 0 Å². The van der Waals surface area contributed by atoms with Crippen LogP contribution in [0.4, 0.5) is 5.69 Å². The molecule has 2 aromatic rings. The van der Waals surface area contributed by atoms with Gasteiger partial charge < -0.3 is 19.5 Å². The normalized spacial score (nSPS) is 23.7. The van der Waals surface area contributed by atoms with E-state index in [1.54, 1.807) is 0 Å². The minimum absolute atomic E-state index is 0.255. The fraction of sp³-hybridized carbons (Fsp3) is 0.533. The van der Waals surface area contributed by atoms with Crippen LogP contribution in [0.1, 0.15) is 6.92 Å². The Labute approximate surface area is 119 Å². The predicted octanol–water partition coefficient (Wildman–Crippen LogP) is 1.52. The number of anilines is 1. The number of morpholine rings is 1. The third-order valence-corrected chi connectivity index (χ3v) is 3.75. The zero-order valence-corrected chi connectivity index (χ0v) is 12.3. The molecule has 2 heterocycles. The number of likely N-dealkylation sites (N-methyl/N-ethyl adjacent to an activating group) is 1. The van der Waals surface area contributed by atoms with Gasteiger partial charge in [0.15, 0.2) is 6.33 Å². The van der Waals surface area contributed by atoms with Crippen LogP contribution >= 0.6 is 0 Å². The van der Waals surface area contributed by atoms with Crippen molar-refractivity contribution in [1.82, 2.24) is 14.9 Å². The molecule has 5 nitrogen and oxygen atoms in total. The second kappa shape index (κ2) is 5.42. The third kappa shape index (κ3) is 2.64. The summed E-state index contributed by atoms with van der Waals surface area (Å²) in [6, 6.07) is 6.71. The van der Waals surface area contributed by atoms with Crippen LogP contribution in [0.15, 0.2) is 18.2 Å². The Kier molecular flexibility index (Phi) is 3.63. The summed E-state index contributed by atoms with van der Waals surface area (Å²) < 4.78 is 5.92. The molecule has 1 N–H and O–H groups in total. The Balaban J connectivity index is 1.82. The predicted molar refractivity (Wildman–Crippen MR) is 80.0 cm³/mol. The number of nitrogens with zero attached hydrogens (tertiary/aromatic N) is 3. The summed E-state index contributed by atoms with van der Waals surface area (Å²) in [4.78, 5) is 11.8. The van der Waals surface area contributed by atoms with E-state index >= 15 is 0 Å². The minimum Gasteiger partial charge on any atom is -0.373 e. The molecule has 20 heavy (non-hydrogen) atoms. The maximum absolute atomic E-state index is 5.92. The topological polar surface area (TPSA) is 44.4 Å². The highest BCUT2D eigenvalue weighted by molar-refractivity contribution is 5.79. The van der Waals surface area contributed by atoms with E-state index in [1.807, 2.05) is 6.07 Å². The van der Waals surface area contributed by atoms with Crippen molar-refractivity contribution < 1.29 is 4.74 Å². The molecule has 1 radical (unpaired) electrons. The molecular formula is C15H21N4O. The molecule has 1 aliphatic rings. The molecule has 1 aliphatic heterocycles. The molecule has 3 rings (SSSR count). The average molecular weight is 273 g/mol. The average Bonchev–Trinajstić information content (AvgIpc) is 2.87. The van der Waals surface area contributed by atoms with Gasteiger partial charge in [0.05, 0.1) is 23.7 Å². The molecule has 0 aliphatic carbocycles. The molecule has 0 bridgehead atoms. The summed E-state index contributed by atoms with van der Waals surface area (Å²) in [6.07, 6.45) is 3.04. The van der Waals surface area contributed by atoms with E-state index in [0.717, 1.165) is 30.7 Å². The maximum Gasteiger partial charge on any atom is 0.174 e. The van der Waals surface area contributed by atoms with Gasteiger partial charge in [-0.1, -0.05) is 0 Å². The highest BCUT2D eigenvalue weighted by Crippen LogP contribution is 2.24. The van der Waals surface area contributed by atoms with Gasteiger partial charge in [-0.2, -0.15) is 0 Å². The molecule has 1 fully saturated rings. The number of nitrogens with one attached hydrogen (secondary N) is 1. The van der Waals surface area contributed by atoms with Crippen molar-refractivity contribution in [3.05, 3.63) is 24.5 Å². The van der Waals surface area contributed by atoms with E-state index in [2.05, 4.69) is 59.2 Å². The molecular weight excluding hydrogens is 252 g/mol. The van der Waals surface area contributed by atoms with Crippen LogP contribution in [0, 0.1) is 6.33 Å². The molecule has 1 saturated heterocycles. The van der Waals surface area contributed by atoms with Crippen LogP contribution < -0.4 is 4.90 Å². The molecule has 1 aromatic heterocycles. The molecule has 2 unspecified atom stereocenters. The number of aromatic nitrogens is 2. The van der Waals surface area contributed by atoms with E-state index < -0.39 is 0 Å². The molecule has 0 spiro atoms. The first-order valence-corrected chi connectivity index (χ1v) is 7.02. The Morgan fingerprint density at radius 3 is 3.15 bits per heavy atom. The fourth-order valence-corrected chi connectivity index (χ4v) is 2.74. The molecule has 5 heteroatoms. The quantitative estimate of drug-likeness (QED) is 0.921. The van der Waals surface area contributed by atoms with Crippen LogP contribution in [-0.4, -0.2) is 60.8 Å². The van der Waals surface area contributed by atoms with Crippen LogP contribution in [0.3, 0.4) is 0 Å². The number of hydrogen-bond acceptors (Lipinski definition) is 4. The van der Waals surface area contributed by atoms with Crippen LogP contribution in [-0.2, 0) is 4.74 Å². The van der Waals surface area contributed by atoms with Gasteiger partial charge in [-0.05, 0) is 39.2 Å². The van der Waals surface area contributed by atoms with Crippen LogP contribution in [0.25, 0.3) is 11.0 Å². The first kappa shape index (κ1) is 13.4. The number of imidazole rings is 1. The minimum atomic E-state index is 0.255. The second-order valence-electron chi connectivity index (χ2n) is 5.77. The SMILES string of the molecule is CC1COC(CN(C)C)CN1c1ccc2n[c][nH]c2c1. The molecule has 1 aromatic carbocycles. The Morgan fingerprint density at radius 2 is 2.35 bits per heavy atom. The van der Waals surface area contributed by atoms with Gasteiger partial charge in [0, 0.05) is 24.8 Å². The summed E-state index contributed by atoms with van der Waals surface area (Å²) >= 11 is 0. The summed E-state index contributed by atoms with van der Waals surface area (Å²) in [6.45, 7) is 4.84. The number of fused-ring (bicyclic) bond motifs is 1. The maximum atomic E-state index is 5.92. The van der Waals surface area contributed by atoms with Crippen molar-refractivity contribution in [2.24, 2.45) is 0 Å². The largest absolute Gasteiger partial charge is 0.373 e. The third-order valence-electron chi connectivity index (χ3n) is 3.75. The lowest BCUT2D eigenvalue weighted by molar-refractivity contribution is 0.00880. The summed E-state index contributed by atoms with van der Waals surface area (Å²) in [5.41, 5.74) is 3.21. The van der Waals surface area contributed by atoms with Gasteiger partial charge in [0.2, 0.25) is 0 Å². The van der Waals surface area contributed by atoms with Crippen molar-refractivity contribution in [3.8, 4) is 0 Å². The van der Waals surface area contributed by atoms with Crippen molar-refractivity contribution in [3.63, 3.8) is 0 Å². The van der Waals surface area contributed by atoms with Crippen molar-refractivity contribution in [2.45, 2.75) is 19.1 Å². The van der Waals surface area contributed by atoms with Gasteiger partial charge in [-0.15, -0.1) is 0 Å². The zero-order valence-electron chi connectivity index (χ0n) is 12.3. The lowest BCUT2D eigenvalue weighted by Crippen LogP contribution is -2.51. The zero-order chi connectivity index (χ0) is 14.1. The van der Waals surface area contributed by atoms with E-state index in [-0.39, 0.29) is 6.10 Å². The monoisotopic (exact) mass is 273 g/mol. The molecule has 107 valence electrons. The number of H-pyrrole nitrogens is 1. The van der Waals surface area contributed by atoms with E-state index in [9.17, 15) is 0 Å². The number of hydrogen-bond donors (Lipinski definition) is 1. The molecule has 2 atom stereocenters. The Hall–Kier alpha value is -1.59. The van der Waals surface area contributed by atoms with Crippen LogP contribution in [0.2, 0.25) is 0 Å². The summed E-state index contributed by atoms with van der Waals surface area (Å²) in [5, 5.41) is 0. The summed E-state index contributed by atoms with van der Waals surface area (Å²) in [7, 11) is 4.16. The van der Waals surface area contributed by atoms with E-state index in [1.165, 1.54) is 5.69 Å². The van der Waals surface area contributed by atoms with Crippen molar-refractivity contribution in [1.29, 1.82) is 0 Å². The first-order chi connectivity index (χ1) is 9.63. The lowest BCUT2D eigenvalue weighted by Gasteiger charge is -2.40. The second-order valence-corrected chi connectivity index (χ2v) is 5.77. The van der Waals surface area contributed by atoms with E-state index in [0.29, 0.717) is 6.04 Å². The smallest absolute Gasteiger partial charge is 0.174 e. The molecule has 0 amide bonds. The highest BCUT2D eigenvalue weighted by Gasteiger charge is 2.26. The Morgan fingerprint density at radius 1 is 1.50 bits per heavy atom. The highest BCUT2D eigenvalue weighted by atomic mass is 16.5. The van der Waals surface area contributed by atoms with Crippen molar-refractivity contribution in [2.75, 3.05) is 38.7 Å². The van der Waals surface area contributed by atoms with Crippen LogP contribution in [0.5, 0.6) is 0 Å². The van der Waals surface area contributed by atoms with E-state index in [4.69, 9.17) is 4.74 Å². The number of benzene rings is 1. The first-order valence-electron chi connectivity index (χ1n) is 7.02. The fourth-order valence-electron chi connectivity index (χ4n) is 2.74. The van der Waals surface area contributed by atoms with Gasteiger partial charge in [0.25, 0.3) is 0 Å². The standard InChI is InChI=1S/C15H21N4O/c1-11-9-20-13(7-18(2)3)8-19(11)12-4-5-14-15(6-12)17-10-16-14/h4-6,11,13H,7-9H2,1-3H3,(H,16,17).